The van der Waals surface area contributed by atoms with Crippen LogP contribution in [0, 0.1) is 0 Å². The molecule has 0 bridgehead atoms. The fourth-order valence-electron chi connectivity index (χ4n) is 1.86. The topological polar surface area (TPSA) is 101 Å². The van der Waals surface area contributed by atoms with E-state index in [1.54, 1.807) is 24.5 Å². The molecule has 1 unspecified atom stereocenters. The monoisotopic (exact) mass is 272 g/mol. The first-order valence-electron chi connectivity index (χ1n) is 6.31. The molecular weight excluding hydrogens is 256 g/mol. The number of nitrogens with two attached hydrogens (primary N) is 1. The number of aromatic amines is 1. The van der Waals surface area contributed by atoms with E-state index in [4.69, 9.17) is 5.73 Å². The molecule has 0 saturated carbocycles. The first-order chi connectivity index (χ1) is 9.61. The molecule has 1 aromatic carbocycles. The lowest BCUT2D eigenvalue weighted by Crippen LogP contribution is -2.29. The van der Waals surface area contributed by atoms with Gasteiger partial charge in [-0.1, -0.05) is 6.92 Å². The highest BCUT2D eigenvalue weighted by atomic mass is 16.2. The summed E-state index contributed by atoms with van der Waals surface area (Å²) in [5, 5.41) is 2.89. The SMILES string of the molecule is CCC(NC(=O)c1ccc(C(N)=O)cc1)c1ncc[nH]1. The Morgan fingerprint density at radius 1 is 1.30 bits per heavy atom. The Bertz CT molecular complexity index is 590. The number of nitrogens with zero attached hydrogens (tertiary/aromatic N) is 1. The van der Waals surface area contributed by atoms with Gasteiger partial charge in [0.25, 0.3) is 5.91 Å². The average Bonchev–Trinajstić information content (AvgIpc) is 2.98. The molecule has 1 heterocycles. The van der Waals surface area contributed by atoms with Crippen LogP contribution < -0.4 is 11.1 Å². The zero-order valence-electron chi connectivity index (χ0n) is 11.1. The molecule has 6 heteroatoms. The van der Waals surface area contributed by atoms with Gasteiger partial charge >= 0.3 is 0 Å². The van der Waals surface area contributed by atoms with Gasteiger partial charge in [0.1, 0.15) is 5.82 Å². The minimum atomic E-state index is -0.515. The predicted molar refractivity (Wildman–Crippen MR) is 74.0 cm³/mol. The minimum Gasteiger partial charge on any atom is -0.366 e. The van der Waals surface area contributed by atoms with Crippen LogP contribution in [0.4, 0.5) is 0 Å². The summed E-state index contributed by atoms with van der Waals surface area (Å²) >= 11 is 0. The normalized spacial score (nSPS) is 11.8. The lowest BCUT2D eigenvalue weighted by molar-refractivity contribution is 0.0932. The van der Waals surface area contributed by atoms with Crippen molar-refractivity contribution in [1.29, 1.82) is 0 Å². The first-order valence-corrected chi connectivity index (χ1v) is 6.31. The van der Waals surface area contributed by atoms with Crippen LogP contribution in [-0.4, -0.2) is 21.8 Å². The zero-order valence-corrected chi connectivity index (χ0v) is 11.1. The maximum absolute atomic E-state index is 12.1. The van der Waals surface area contributed by atoms with Gasteiger partial charge in [0.2, 0.25) is 5.91 Å². The Morgan fingerprint density at radius 3 is 2.45 bits per heavy atom. The number of carbonyl (C=O) groups excluding carboxylic acids is 2. The van der Waals surface area contributed by atoms with Crippen molar-refractivity contribution in [3.8, 4) is 0 Å². The summed E-state index contributed by atoms with van der Waals surface area (Å²) in [7, 11) is 0. The quantitative estimate of drug-likeness (QED) is 0.766. The second-order valence-corrected chi connectivity index (χ2v) is 4.35. The third kappa shape index (κ3) is 3.03. The number of nitrogens with one attached hydrogen (secondary N) is 2. The zero-order chi connectivity index (χ0) is 14.5. The van der Waals surface area contributed by atoms with E-state index in [1.807, 2.05) is 6.92 Å². The van der Waals surface area contributed by atoms with Gasteiger partial charge in [0, 0.05) is 23.5 Å². The van der Waals surface area contributed by atoms with Crippen molar-refractivity contribution in [2.45, 2.75) is 19.4 Å². The van der Waals surface area contributed by atoms with Gasteiger partial charge in [0.05, 0.1) is 6.04 Å². The molecule has 1 atom stereocenters. The molecule has 0 fully saturated rings. The van der Waals surface area contributed by atoms with E-state index in [0.29, 0.717) is 11.1 Å². The lowest BCUT2D eigenvalue weighted by atomic mass is 10.1. The lowest BCUT2D eigenvalue weighted by Gasteiger charge is -2.14. The number of carbonyl (C=O) groups is 2. The van der Waals surface area contributed by atoms with Crippen LogP contribution in [-0.2, 0) is 0 Å². The van der Waals surface area contributed by atoms with E-state index in [2.05, 4.69) is 15.3 Å². The molecule has 1 aromatic heterocycles. The average molecular weight is 272 g/mol. The summed E-state index contributed by atoms with van der Waals surface area (Å²) < 4.78 is 0. The van der Waals surface area contributed by atoms with Crippen LogP contribution >= 0.6 is 0 Å². The van der Waals surface area contributed by atoms with Crippen molar-refractivity contribution in [2.24, 2.45) is 5.73 Å². The van der Waals surface area contributed by atoms with Gasteiger partial charge in [-0.25, -0.2) is 4.98 Å². The molecule has 0 saturated heterocycles. The Hall–Kier alpha value is -2.63. The third-order valence-corrected chi connectivity index (χ3v) is 2.99. The number of hydrogen-bond acceptors (Lipinski definition) is 3. The van der Waals surface area contributed by atoms with E-state index >= 15 is 0 Å². The van der Waals surface area contributed by atoms with E-state index in [1.165, 1.54) is 12.1 Å². The molecule has 0 radical (unpaired) electrons. The summed E-state index contributed by atoms with van der Waals surface area (Å²) in [4.78, 5) is 30.2. The molecule has 0 aliphatic rings. The second-order valence-electron chi connectivity index (χ2n) is 4.35. The molecule has 0 aliphatic heterocycles. The van der Waals surface area contributed by atoms with Crippen LogP contribution in [0.2, 0.25) is 0 Å². The fourth-order valence-corrected chi connectivity index (χ4v) is 1.86. The van der Waals surface area contributed by atoms with Crippen LogP contribution in [0.3, 0.4) is 0 Å². The van der Waals surface area contributed by atoms with Crippen molar-refractivity contribution in [2.75, 3.05) is 0 Å². The number of primary amides is 1. The Kier molecular flexibility index (Phi) is 4.14. The number of benzene rings is 1. The number of aromatic nitrogens is 2. The molecule has 2 aromatic rings. The number of amides is 2. The van der Waals surface area contributed by atoms with Gasteiger partial charge in [0.15, 0.2) is 0 Å². The maximum atomic E-state index is 12.1. The van der Waals surface area contributed by atoms with Gasteiger partial charge in [-0.15, -0.1) is 0 Å². The van der Waals surface area contributed by atoms with Crippen LogP contribution in [0.25, 0.3) is 0 Å². The summed E-state index contributed by atoms with van der Waals surface area (Å²) in [5.41, 5.74) is 6.00. The largest absolute Gasteiger partial charge is 0.366 e. The molecule has 0 aliphatic carbocycles. The molecule has 104 valence electrons. The van der Waals surface area contributed by atoms with Crippen LogP contribution in [0.15, 0.2) is 36.7 Å². The molecule has 20 heavy (non-hydrogen) atoms. The van der Waals surface area contributed by atoms with Gasteiger partial charge in [-0.3, -0.25) is 9.59 Å². The van der Waals surface area contributed by atoms with Crippen molar-refractivity contribution in [3.05, 3.63) is 53.6 Å². The maximum Gasteiger partial charge on any atom is 0.251 e. The van der Waals surface area contributed by atoms with Crippen molar-refractivity contribution in [3.63, 3.8) is 0 Å². The molecule has 4 N–H and O–H groups in total. The molecule has 6 nitrogen and oxygen atoms in total. The Morgan fingerprint density at radius 2 is 1.95 bits per heavy atom. The van der Waals surface area contributed by atoms with E-state index < -0.39 is 5.91 Å². The number of rotatable bonds is 5. The first kappa shape index (κ1) is 13.8. The molecule has 2 rings (SSSR count). The standard InChI is InChI=1S/C14H16N4O2/c1-2-11(13-16-7-8-17-13)18-14(20)10-5-3-9(4-6-10)12(15)19/h3-8,11H,2H2,1H3,(H2,15,19)(H,16,17)(H,18,20). The highest BCUT2D eigenvalue weighted by molar-refractivity contribution is 5.97. The number of imidazole rings is 1. The summed E-state index contributed by atoms with van der Waals surface area (Å²) in [6, 6.07) is 6.04. The highest BCUT2D eigenvalue weighted by Gasteiger charge is 2.16. The van der Waals surface area contributed by atoms with Gasteiger partial charge in [-0.05, 0) is 30.7 Å². The van der Waals surface area contributed by atoms with E-state index in [-0.39, 0.29) is 11.9 Å². The molecular formula is C14H16N4O2. The summed E-state index contributed by atoms with van der Waals surface area (Å²) in [5.74, 6) is -0.0159. The van der Waals surface area contributed by atoms with E-state index in [0.717, 1.165) is 12.2 Å². The smallest absolute Gasteiger partial charge is 0.251 e. The van der Waals surface area contributed by atoms with Gasteiger partial charge < -0.3 is 16.0 Å². The van der Waals surface area contributed by atoms with Crippen molar-refractivity contribution < 1.29 is 9.59 Å². The Labute approximate surface area is 116 Å². The highest BCUT2D eigenvalue weighted by Crippen LogP contribution is 2.13. The Balaban J connectivity index is 2.09. The number of H-pyrrole nitrogens is 1. The van der Waals surface area contributed by atoms with E-state index in [9.17, 15) is 9.59 Å². The minimum absolute atomic E-state index is 0.173. The molecule has 2 amide bonds. The van der Waals surface area contributed by atoms with Crippen molar-refractivity contribution in [1.82, 2.24) is 15.3 Å². The summed E-state index contributed by atoms with van der Waals surface area (Å²) in [6.07, 6.45) is 4.08. The van der Waals surface area contributed by atoms with Crippen LogP contribution in [0.5, 0.6) is 0 Å². The number of hydrogen-bond donors (Lipinski definition) is 3. The molecule has 0 spiro atoms. The third-order valence-electron chi connectivity index (χ3n) is 2.99. The summed E-state index contributed by atoms with van der Waals surface area (Å²) in [6.45, 7) is 1.96. The second kappa shape index (κ2) is 6.01. The van der Waals surface area contributed by atoms with Crippen LogP contribution in [0.1, 0.15) is 45.9 Å². The fraction of sp³-hybridized carbons (Fsp3) is 0.214. The predicted octanol–water partition coefficient (Wildman–Crippen LogP) is 1.39. The van der Waals surface area contributed by atoms with Crippen molar-refractivity contribution >= 4 is 11.8 Å². The van der Waals surface area contributed by atoms with Gasteiger partial charge in [-0.2, -0.15) is 0 Å².